The number of cyclic esters (lactones) is 6. The lowest BCUT2D eigenvalue weighted by molar-refractivity contribution is 0.176. The molecule has 6 fully saturated rings. The number of fused-ring (bicyclic) bond motifs is 6. The van der Waals surface area contributed by atoms with Crippen molar-refractivity contribution >= 4 is 102 Å². The highest BCUT2D eigenvalue weighted by molar-refractivity contribution is 5.88. The number of carbonyl (C=O) groups is 6. The number of likely N-dealkylation sites (N-methyl/N-ethyl adjacent to an activating group) is 6. The number of hydrogen-bond acceptors (Lipinski definition) is 18. The summed E-state index contributed by atoms with van der Waals surface area (Å²) in [6, 6.07) is -7.66. The quantitative estimate of drug-likeness (QED) is 0.0186. The second-order valence-electron chi connectivity index (χ2n) is 27.0. The van der Waals surface area contributed by atoms with Crippen molar-refractivity contribution in [1.29, 1.82) is 0 Å². The van der Waals surface area contributed by atoms with Crippen LogP contribution < -0.4 is 31.9 Å². The van der Waals surface area contributed by atoms with E-state index in [1.165, 1.54) is 33.3 Å². The van der Waals surface area contributed by atoms with Crippen LogP contribution in [-0.4, -0.2) is 295 Å². The van der Waals surface area contributed by atoms with E-state index in [0.29, 0.717) is 33.5 Å². The molecule has 672 valence electrons. The second-order valence-corrected chi connectivity index (χ2v) is 27.0. The number of nitrogens with zero attached hydrogens (tertiary/aromatic N) is 6. The summed E-state index contributed by atoms with van der Waals surface area (Å²) >= 11 is 0. The number of amides is 6. The molecule has 12 heterocycles. The average molecular weight is 1800 g/mol. The average Bonchev–Trinajstić information content (AvgIpc) is 1.58. The van der Waals surface area contributed by atoms with Crippen LogP contribution in [0.25, 0.3) is 65.4 Å². The molecule has 0 spiro atoms. The van der Waals surface area contributed by atoms with Gasteiger partial charge in [0.05, 0.1) is 73.3 Å². The standard InChI is InChI=1S/6C16H21N3O2/c6*1-19(2)6-5-12-9-17-15-4-3-11(8-14(12)15)7-13-10-21-16(20)18-13/h6*3-4,8-9,13,17H,5-7,10H2,1-2H3,(H,18,20)/t6*13-/m000000/s1/i1D3,2D3,3D,4D,7D2,8D,9D,10D2;1D3,3D,4D,7D2,8D,9D,10D2;1D3,2D3,5D2,6D2,7D2,9D,10D2;3D,4D,7D2,8D,9D,10D2;1D3,5D2,6D2,7D2,9D,10D2;5D2,6D2,7D2,9D,10D2/hD6. The van der Waals surface area contributed by atoms with Crippen molar-refractivity contribution in [2.24, 2.45) is 0 Å². The summed E-state index contributed by atoms with van der Waals surface area (Å²) in [5, 5.41) is 5.09. The molecule has 6 aliphatic heterocycles. The van der Waals surface area contributed by atoms with Gasteiger partial charge >= 0.3 is 36.6 Å². The van der Waals surface area contributed by atoms with Crippen molar-refractivity contribution in [1.82, 2.24) is 91.2 Å². The van der Waals surface area contributed by atoms with Gasteiger partial charge in [-0.15, -0.1) is 0 Å². The van der Waals surface area contributed by atoms with Gasteiger partial charge in [0.1, 0.15) is 39.4 Å². The number of aromatic amines is 6. The summed E-state index contributed by atoms with van der Waals surface area (Å²) in [6.45, 7) is -45.6. The molecule has 6 aliphatic rings. The van der Waals surface area contributed by atoms with Crippen LogP contribution in [0.5, 0.6) is 0 Å². The number of benzene rings is 6. The Labute approximate surface area is 842 Å². The topological polar surface area (TPSA) is 344 Å². The molecule has 6 aromatic heterocycles. The molecule has 6 saturated heterocycles. The van der Waals surface area contributed by atoms with E-state index in [2.05, 4.69) is 48.7 Å². The first kappa shape index (κ1) is 36.0. The van der Waals surface area contributed by atoms with Crippen molar-refractivity contribution in [3.8, 4) is 0 Å². The Bertz CT molecular complexity index is 9460. The van der Waals surface area contributed by atoms with Crippen molar-refractivity contribution in [2.45, 2.75) is 113 Å². The fourth-order valence-electron chi connectivity index (χ4n) is 11.4. The first-order chi connectivity index (χ1) is 90.3. The molecule has 6 amide bonds. The summed E-state index contributed by atoms with van der Waals surface area (Å²) in [7, 11) is 8.50. The molecule has 6 atom stereocenters. The number of rotatable bonds is 30. The van der Waals surface area contributed by atoms with E-state index in [9.17, 15) is 28.8 Å². The minimum absolute atomic E-state index is 0.000121. The number of ether oxygens (including phenoxy) is 6. The molecule has 0 saturated carbocycles. The Morgan fingerprint density at radius 2 is 0.635 bits per heavy atom. The predicted octanol–water partition coefficient (Wildman–Crippen LogP) is 11.5. The van der Waals surface area contributed by atoms with Gasteiger partial charge in [-0.25, -0.2) is 28.8 Å². The molecule has 12 aromatic rings. The van der Waals surface area contributed by atoms with Gasteiger partial charge in [0.15, 0.2) is 8.47 Å². The number of aryl methyl sites for hydroxylation is 3. The molecule has 18 rings (SSSR count). The van der Waals surface area contributed by atoms with Crippen molar-refractivity contribution in [3.05, 3.63) is 213 Å². The largest absolute Gasteiger partial charge is 0.447 e. The van der Waals surface area contributed by atoms with Crippen LogP contribution >= 0.6 is 0 Å². The third-order valence-corrected chi connectivity index (χ3v) is 17.0. The van der Waals surface area contributed by atoms with Gasteiger partial charge in [-0.05, 0) is 300 Å². The van der Waals surface area contributed by atoms with Crippen LogP contribution in [0.1, 0.15) is 161 Å². The molecule has 30 heteroatoms. The monoisotopic (exact) mass is 1800 g/mol. The van der Waals surface area contributed by atoms with Gasteiger partial charge < -0.3 is 120 Å². The molecule has 0 bridgehead atoms. The van der Waals surface area contributed by atoms with Crippen LogP contribution in [0.3, 0.4) is 0 Å². The summed E-state index contributed by atoms with van der Waals surface area (Å²) in [5.41, 5.74) is -5.28. The number of alkyl carbamates (subject to hydrolysis) is 6. The Kier molecular flexibility index (Phi) is 12.5. The van der Waals surface area contributed by atoms with E-state index in [4.69, 9.17) is 103 Å². The van der Waals surface area contributed by atoms with E-state index in [-0.39, 0.29) is 146 Å². The molecule has 0 unspecified atom stereocenters. The number of aromatic nitrogens is 6. The van der Waals surface area contributed by atoms with E-state index in [1.54, 1.807) is 0 Å². The molecule has 0 radical (unpaired) electrons. The highest BCUT2D eigenvalue weighted by atomic mass is 16.6. The van der Waals surface area contributed by atoms with Crippen molar-refractivity contribution in [3.63, 3.8) is 0 Å². The molecule has 6 aromatic carbocycles. The molecule has 30 nitrogen and oxygen atoms in total. The number of H-pyrrole nitrogens is 6. The van der Waals surface area contributed by atoms with Crippen LogP contribution in [0.2, 0.25) is 8.47 Å². The highest BCUT2D eigenvalue weighted by Crippen LogP contribution is 2.29. The lowest BCUT2D eigenvalue weighted by Gasteiger charge is -2.09. The zero-order valence-electron chi connectivity index (χ0n) is 142. The number of nitrogens with one attached hydrogen (secondary N) is 12. The van der Waals surface area contributed by atoms with Crippen LogP contribution in [0, 0.1) is 0 Å². The Hall–Kier alpha value is -12.1. The molecule has 126 heavy (non-hydrogen) atoms. The summed E-state index contributed by atoms with van der Waals surface area (Å²) in [4.78, 5) is 82.6. The highest BCUT2D eigenvalue weighted by Gasteiger charge is 2.29. The third-order valence-electron chi connectivity index (χ3n) is 17.0. The van der Waals surface area contributed by atoms with Crippen LogP contribution in [0.4, 0.5) is 28.8 Å². The Morgan fingerprint density at radius 1 is 0.333 bits per heavy atom. The van der Waals surface area contributed by atoms with E-state index < -0.39 is 360 Å². The first-order valence-electron chi connectivity index (χ1n) is 74.1. The fourth-order valence-corrected chi connectivity index (χ4v) is 11.4. The van der Waals surface area contributed by atoms with Crippen LogP contribution in [-0.2, 0) is 105 Å². The molecular weight excluding hydrogens is 1600 g/mol. The van der Waals surface area contributed by atoms with Gasteiger partial charge in [0, 0.05) is 199 Å². The van der Waals surface area contributed by atoms with Gasteiger partial charge in [-0.3, -0.25) is 0 Å². The Balaban J connectivity index is 0.000000194. The first-order valence-corrected chi connectivity index (χ1v) is 37.0. The summed E-state index contributed by atoms with van der Waals surface area (Å²) in [6.07, 6.45) is -37.4. The van der Waals surface area contributed by atoms with E-state index >= 15 is 0 Å². The Morgan fingerprint density at radius 3 is 0.937 bits per heavy atom. The van der Waals surface area contributed by atoms with Crippen LogP contribution in [0.15, 0.2) is 146 Å². The lowest BCUT2D eigenvalue weighted by Crippen LogP contribution is -2.28. The van der Waals surface area contributed by atoms with E-state index in [1.807, 2.05) is 29.6 Å². The summed E-state index contributed by atoms with van der Waals surface area (Å²) in [5.74, 6) is 0. The predicted molar refractivity (Wildman–Crippen MR) is 495 cm³/mol. The minimum Gasteiger partial charge on any atom is -0.447 e. The van der Waals surface area contributed by atoms with Gasteiger partial charge in [0.25, 0.3) is 0 Å². The maximum absolute atomic E-state index is 11.7. The fraction of sp³-hybridized carbons (Fsp3) is 0.438. The maximum atomic E-state index is 11.7. The van der Waals surface area contributed by atoms with E-state index in [0.717, 1.165) is 59.3 Å². The van der Waals surface area contributed by atoms with Gasteiger partial charge in [-0.1, -0.05) is 36.3 Å². The van der Waals surface area contributed by atoms with Gasteiger partial charge in [-0.2, -0.15) is 0 Å². The minimum atomic E-state index is -3.84. The maximum Gasteiger partial charge on any atom is 0.407 e. The number of hydrogen-bond donors (Lipinski definition) is 12. The van der Waals surface area contributed by atoms with Crippen molar-refractivity contribution < 1.29 is 160 Å². The van der Waals surface area contributed by atoms with Gasteiger partial charge in [0.2, 0.25) is 0 Å². The molecule has 0 aliphatic carbocycles. The molecule has 12 N–H and O–H groups in total. The molecular formula is C96H126N18O12. The zero-order chi connectivity index (χ0) is 154. The lowest BCUT2D eigenvalue weighted by atomic mass is 10.0. The van der Waals surface area contributed by atoms with Crippen molar-refractivity contribution in [2.75, 3.05) is 163 Å². The SMILES string of the molecule is [2H]c1[nH]c2c([2H])c([2H])c(C([2H])([2H])[C@@H]3NC(=O)OC3([2H])[2H])c([2H])c2c1CCN(C([2H])([2H])[2H])C([2H])([2H])[2H].[2H]c1[nH]c2c([2H])c([2H])c(C([2H])([2H])[C@@H]3NC(=O)OC3([2H])[2H])c([2H])c2c1CCN(C)C.[2H]c1[nH]c2c([2H])c([2H])c(C([2H])([2H])[C@@H]3NC(=O)OC3([2H])[2H])c([2H])c2c1CCN(C)C([2H])([2H])[2H].[2H]c1c(C([2H])([2H])C([2H])([2H])N(C([2H])([2H])[2H])C([2H])([2H])[2H])c2cc(C([2H])([2H])[C@@H]3N([2H])C(=O)OC3([2H])[2H])ccc2n1[2H].[2H]c1c(C([2H])([2H])C([2H])([2H])N(C)C([2H])([2H])[2H])c2cc(C([2H])([2H])[C@@H]3N([2H])C(=O)OC3([2H])[2H])ccc2n1[2H].[2H]c1c(C([2H])([2H])C([2H])([2H])N(C)C)c2cc(C([2H])([2H])[C@@H]3N([2H])C(=O)OC3([2H])[2H])ccc2n1[2H]. The number of carbonyl (C=O) groups excluding carboxylic acids is 6. The third kappa shape index (κ3) is 26.5. The normalized spacial score (nSPS) is 31.5. The second kappa shape index (κ2) is 43.7. The smallest absolute Gasteiger partial charge is 0.407 e. The summed E-state index contributed by atoms with van der Waals surface area (Å²) < 4.78 is 629. The zero-order valence-corrected chi connectivity index (χ0v) is 66.7.